The Morgan fingerprint density at radius 3 is 2.11 bits per heavy atom. The van der Waals surface area contributed by atoms with E-state index < -0.39 is 0 Å². The molecule has 0 fully saturated rings. The first kappa shape index (κ1) is 20.3. The third-order valence-corrected chi connectivity index (χ3v) is 4.46. The molecule has 27 heavy (non-hydrogen) atoms. The van der Waals surface area contributed by atoms with Gasteiger partial charge in [-0.25, -0.2) is 0 Å². The SMILES string of the molecule is C=C(NC(Cc1ccccc1)c1ccccc1)c1ccc(C)c(N)c1.CC. The van der Waals surface area contributed by atoms with Crippen molar-refractivity contribution < 1.29 is 0 Å². The minimum atomic E-state index is 0.152. The standard InChI is InChI=1S/C23H24N2.C2H6/c1-17-13-14-21(16-22(17)24)18(2)25-23(20-11-7-4-8-12-20)15-19-9-5-3-6-10-19;1-2/h3-14,16,23,25H,2,15,24H2,1H3;1-2H3. The Hall–Kier alpha value is -3.00. The fourth-order valence-electron chi connectivity index (χ4n) is 2.91. The van der Waals surface area contributed by atoms with E-state index in [1.54, 1.807) is 0 Å². The number of nitrogens with one attached hydrogen (secondary N) is 1. The highest BCUT2D eigenvalue weighted by atomic mass is 14.9. The van der Waals surface area contributed by atoms with Crippen LogP contribution in [0.2, 0.25) is 0 Å². The lowest BCUT2D eigenvalue weighted by molar-refractivity contribution is 0.632. The highest BCUT2D eigenvalue weighted by Crippen LogP contribution is 2.24. The van der Waals surface area contributed by atoms with Crippen LogP contribution in [-0.2, 0) is 6.42 Å². The Labute approximate surface area is 163 Å². The quantitative estimate of drug-likeness (QED) is 0.519. The van der Waals surface area contributed by atoms with E-state index in [1.807, 2.05) is 45.0 Å². The lowest BCUT2D eigenvalue weighted by Gasteiger charge is -2.22. The predicted molar refractivity (Wildman–Crippen MR) is 118 cm³/mol. The molecule has 0 aliphatic heterocycles. The Bertz CT molecular complexity index is 839. The zero-order valence-corrected chi connectivity index (χ0v) is 16.6. The fraction of sp³-hybridized carbons (Fsp3) is 0.200. The van der Waals surface area contributed by atoms with Gasteiger partial charge in [0, 0.05) is 11.4 Å². The molecule has 0 aliphatic carbocycles. The number of rotatable bonds is 6. The molecule has 2 nitrogen and oxygen atoms in total. The first-order chi connectivity index (χ1) is 13.1. The highest BCUT2D eigenvalue weighted by molar-refractivity contribution is 5.67. The Balaban J connectivity index is 0.00000126. The van der Waals surface area contributed by atoms with E-state index in [4.69, 9.17) is 5.73 Å². The van der Waals surface area contributed by atoms with Gasteiger partial charge in [-0.1, -0.05) is 93.2 Å². The number of nitrogens with two attached hydrogens (primary N) is 1. The zero-order valence-electron chi connectivity index (χ0n) is 16.6. The van der Waals surface area contributed by atoms with Gasteiger partial charge in [0.2, 0.25) is 0 Å². The van der Waals surface area contributed by atoms with Crippen LogP contribution in [0.25, 0.3) is 5.70 Å². The molecule has 3 rings (SSSR count). The number of nitrogen functional groups attached to an aromatic ring is 1. The van der Waals surface area contributed by atoms with Gasteiger partial charge in [0.1, 0.15) is 0 Å². The second-order valence-electron chi connectivity index (χ2n) is 6.35. The molecule has 0 saturated carbocycles. The van der Waals surface area contributed by atoms with Gasteiger partial charge in [0.25, 0.3) is 0 Å². The summed E-state index contributed by atoms with van der Waals surface area (Å²) >= 11 is 0. The van der Waals surface area contributed by atoms with Crippen molar-refractivity contribution in [2.45, 2.75) is 33.2 Å². The van der Waals surface area contributed by atoms with Crippen LogP contribution in [0.5, 0.6) is 0 Å². The average molecular weight is 359 g/mol. The van der Waals surface area contributed by atoms with Gasteiger partial charge in [-0.3, -0.25) is 0 Å². The van der Waals surface area contributed by atoms with Crippen LogP contribution in [0.3, 0.4) is 0 Å². The fourth-order valence-corrected chi connectivity index (χ4v) is 2.91. The maximum atomic E-state index is 6.06. The molecule has 0 saturated heterocycles. The molecule has 0 amide bonds. The van der Waals surface area contributed by atoms with Crippen LogP contribution in [0.4, 0.5) is 5.69 Å². The van der Waals surface area contributed by atoms with Crippen molar-refractivity contribution in [3.63, 3.8) is 0 Å². The molecule has 0 aromatic heterocycles. The van der Waals surface area contributed by atoms with Crippen molar-refractivity contribution >= 4 is 11.4 Å². The Morgan fingerprint density at radius 2 is 1.52 bits per heavy atom. The van der Waals surface area contributed by atoms with Crippen molar-refractivity contribution in [1.82, 2.24) is 5.32 Å². The van der Waals surface area contributed by atoms with E-state index in [2.05, 4.69) is 66.5 Å². The molecule has 1 atom stereocenters. The lowest BCUT2D eigenvalue weighted by atomic mass is 9.98. The minimum absolute atomic E-state index is 0.152. The molecular formula is C25H30N2. The van der Waals surface area contributed by atoms with E-state index in [1.165, 1.54) is 11.1 Å². The zero-order chi connectivity index (χ0) is 19.6. The van der Waals surface area contributed by atoms with Crippen LogP contribution >= 0.6 is 0 Å². The lowest BCUT2D eigenvalue weighted by Crippen LogP contribution is -2.21. The van der Waals surface area contributed by atoms with Crippen molar-refractivity contribution in [2.24, 2.45) is 0 Å². The minimum Gasteiger partial charge on any atom is -0.398 e. The monoisotopic (exact) mass is 358 g/mol. The molecule has 0 bridgehead atoms. The molecule has 3 N–H and O–H groups in total. The van der Waals surface area contributed by atoms with Gasteiger partial charge in [0.15, 0.2) is 0 Å². The van der Waals surface area contributed by atoms with E-state index in [0.29, 0.717) is 0 Å². The van der Waals surface area contributed by atoms with E-state index >= 15 is 0 Å². The number of aryl methyl sites for hydroxylation is 1. The van der Waals surface area contributed by atoms with E-state index in [-0.39, 0.29) is 6.04 Å². The Morgan fingerprint density at radius 1 is 0.926 bits per heavy atom. The average Bonchev–Trinajstić information content (AvgIpc) is 2.72. The largest absolute Gasteiger partial charge is 0.398 e. The summed E-state index contributed by atoms with van der Waals surface area (Å²) in [5, 5.41) is 3.59. The first-order valence-electron chi connectivity index (χ1n) is 9.54. The van der Waals surface area contributed by atoms with Gasteiger partial charge in [-0.15, -0.1) is 0 Å². The summed E-state index contributed by atoms with van der Waals surface area (Å²) in [5.41, 5.74) is 12.4. The van der Waals surface area contributed by atoms with Crippen molar-refractivity contribution in [2.75, 3.05) is 5.73 Å². The maximum Gasteiger partial charge on any atom is 0.0554 e. The van der Waals surface area contributed by atoms with Crippen molar-refractivity contribution in [3.8, 4) is 0 Å². The molecule has 2 heteroatoms. The van der Waals surface area contributed by atoms with Crippen molar-refractivity contribution in [1.29, 1.82) is 0 Å². The number of hydrogen-bond donors (Lipinski definition) is 2. The number of anilines is 1. The van der Waals surface area contributed by atoms with Gasteiger partial charge in [-0.05, 0) is 41.7 Å². The van der Waals surface area contributed by atoms with E-state index in [9.17, 15) is 0 Å². The summed E-state index contributed by atoms with van der Waals surface area (Å²) in [6.07, 6.45) is 0.894. The molecule has 140 valence electrons. The molecule has 0 aliphatic rings. The van der Waals surface area contributed by atoms with Crippen LogP contribution < -0.4 is 11.1 Å². The van der Waals surface area contributed by atoms with Crippen molar-refractivity contribution in [3.05, 3.63) is 108 Å². The van der Waals surface area contributed by atoms with Gasteiger partial charge in [0.05, 0.1) is 6.04 Å². The Kier molecular flexibility index (Phi) is 7.69. The summed E-state index contributed by atoms with van der Waals surface area (Å²) in [5.74, 6) is 0. The molecule has 3 aromatic rings. The summed E-state index contributed by atoms with van der Waals surface area (Å²) in [7, 11) is 0. The van der Waals surface area contributed by atoms with Gasteiger partial charge in [-0.2, -0.15) is 0 Å². The summed E-state index contributed by atoms with van der Waals surface area (Å²) in [6.45, 7) is 10.2. The van der Waals surface area contributed by atoms with Gasteiger partial charge < -0.3 is 11.1 Å². The predicted octanol–water partition coefficient (Wildman–Crippen LogP) is 6.15. The van der Waals surface area contributed by atoms with Crippen LogP contribution in [-0.4, -0.2) is 0 Å². The first-order valence-corrected chi connectivity index (χ1v) is 9.54. The summed E-state index contributed by atoms with van der Waals surface area (Å²) in [6, 6.07) is 27.2. The molecule has 1 unspecified atom stereocenters. The van der Waals surface area contributed by atoms with Crippen LogP contribution in [0.1, 0.15) is 42.1 Å². The molecule has 0 spiro atoms. The molecular weight excluding hydrogens is 328 g/mol. The third-order valence-electron chi connectivity index (χ3n) is 4.46. The number of benzene rings is 3. The molecule has 0 heterocycles. The molecule has 3 aromatic carbocycles. The second-order valence-corrected chi connectivity index (χ2v) is 6.35. The summed E-state index contributed by atoms with van der Waals surface area (Å²) < 4.78 is 0. The normalized spacial score (nSPS) is 11.1. The highest BCUT2D eigenvalue weighted by Gasteiger charge is 2.13. The third kappa shape index (κ3) is 5.75. The topological polar surface area (TPSA) is 38.0 Å². The van der Waals surface area contributed by atoms with Crippen LogP contribution in [0.15, 0.2) is 85.4 Å². The van der Waals surface area contributed by atoms with Crippen LogP contribution in [0, 0.1) is 6.92 Å². The smallest absolute Gasteiger partial charge is 0.0554 e. The summed E-state index contributed by atoms with van der Waals surface area (Å²) in [4.78, 5) is 0. The molecule has 0 radical (unpaired) electrons. The second kappa shape index (κ2) is 10.2. The maximum absolute atomic E-state index is 6.06. The van der Waals surface area contributed by atoms with Gasteiger partial charge >= 0.3 is 0 Å². The number of hydrogen-bond acceptors (Lipinski definition) is 2. The van der Waals surface area contributed by atoms with E-state index in [0.717, 1.165) is 28.9 Å².